The Bertz CT molecular complexity index is 506. The van der Waals surface area contributed by atoms with E-state index in [1.54, 1.807) is 12.1 Å². The van der Waals surface area contributed by atoms with Crippen molar-refractivity contribution in [1.29, 1.82) is 0 Å². The number of benzene rings is 1. The highest BCUT2D eigenvalue weighted by molar-refractivity contribution is 6.33. The van der Waals surface area contributed by atoms with E-state index in [1.165, 1.54) is 0 Å². The van der Waals surface area contributed by atoms with Crippen molar-refractivity contribution < 1.29 is 9.59 Å². The lowest BCUT2D eigenvalue weighted by Gasteiger charge is -2.09. The molecule has 4 N–H and O–H groups in total. The number of nitrogens with one attached hydrogen (secondary N) is 2. The Balaban J connectivity index is 2.23. The van der Waals surface area contributed by atoms with E-state index in [0.717, 1.165) is 31.2 Å². The third-order valence-electron chi connectivity index (χ3n) is 3.20. The van der Waals surface area contributed by atoms with Crippen LogP contribution < -0.4 is 16.4 Å². The van der Waals surface area contributed by atoms with E-state index in [-0.39, 0.29) is 18.4 Å². The summed E-state index contributed by atoms with van der Waals surface area (Å²) in [5.74, 6) is -0.403. The lowest BCUT2D eigenvalue weighted by Crippen LogP contribution is -2.32. The molecule has 1 aromatic carbocycles. The highest BCUT2D eigenvalue weighted by Crippen LogP contribution is 2.22. The Hall–Kier alpha value is -1.59. The van der Waals surface area contributed by atoms with Crippen LogP contribution in [0, 0.1) is 6.92 Å². The zero-order valence-corrected chi connectivity index (χ0v) is 13.7. The number of unbranched alkanes of at least 4 members (excludes halogenated alkanes) is 3. The number of anilines is 1. The molecule has 0 unspecified atom stereocenters. The minimum absolute atomic E-state index is 0.0498. The Morgan fingerprint density at radius 2 is 1.86 bits per heavy atom. The van der Waals surface area contributed by atoms with Crippen LogP contribution in [-0.4, -0.2) is 24.9 Å². The fraction of sp³-hybridized carbons (Fsp3) is 0.500. The van der Waals surface area contributed by atoms with Crippen LogP contribution in [0.4, 0.5) is 5.69 Å². The SMILES string of the molecule is Cc1ccc(NC(=O)CNC(=O)CCCCCCN)c(Cl)c1. The van der Waals surface area contributed by atoms with Gasteiger partial charge in [0.25, 0.3) is 0 Å². The average molecular weight is 326 g/mol. The number of nitrogens with two attached hydrogens (primary N) is 1. The molecule has 0 aliphatic carbocycles. The lowest BCUT2D eigenvalue weighted by molar-refractivity contribution is -0.124. The van der Waals surface area contributed by atoms with Gasteiger partial charge in [-0.15, -0.1) is 0 Å². The van der Waals surface area contributed by atoms with Gasteiger partial charge in [-0.3, -0.25) is 9.59 Å². The van der Waals surface area contributed by atoms with E-state index < -0.39 is 0 Å². The van der Waals surface area contributed by atoms with E-state index in [9.17, 15) is 9.59 Å². The molecule has 0 saturated carbocycles. The summed E-state index contributed by atoms with van der Waals surface area (Å²) >= 11 is 6.04. The van der Waals surface area contributed by atoms with E-state index >= 15 is 0 Å². The molecule has 0 saturated heterocycles. The quantitative estimate of drug-likeness (QED) is 0.610. The normalized spacial score (nSPS) is 10.3. The molecule has 22 heavy (non-hydrogen) atoms. The largest absolute Gasteiger partial charge is 0.347 e. The predicted molar refractivity (Wildman–Crippen MR) is 90.0 cm³/mol. The topological polar surface area (TPSA) is 84.2 Å². The van der Waals surface area contributed by atoms with Gasteiger partial charge in [0.15, 0.2) is 0 Å². The van der Waals surface area contributed by atoms with Crippen LogP contribution in [0.15, 0.2) is 18.2 Å². The fourth-order valence-corrected chi connectivity index (χ4v) is 2.25. The molecule has 6 heteroatoms. The van der Waals surface area contributed by atoms with Gasteiger partial charge in [-0.2, -0.15) is 0 Å². The van der Waals surface area contributed by atoms with Gasteiger partial charge < -0.3 is 16.4 Å². The van der Waals surface area contributed by atoms with E-state index in [1.807, 2.05) is 13.0 Å². The van der Waals surface area contributed by atoms with Crippen molar-refractivity contribution in [3.8, 4) is 0 Å². The van der Waals surface area contributed by atoms with Crippen molar-refractivity contribution in [2.75, 3.05) is 18.4 Å². The molecule has 2 amide bonds. The number of carbonyl (C=O) groups is 2. The van der Waals surface area contributed by atoms with Crippen molar-refractivity contribution >= 4 is 29.1 Å². The minimum Gasteiger partial charge on any atom is -0.347 e. The number of hydrogen-bond acceptors (Lipinski definition) is 3. The molecule has 0 atom stereocenters. The molecular weight excluding hydrogens is 302 g/mol. The number of aryl methyl sites for hydroxylation is 1. The van der Waals surface area contributed by atoms with Crippen LogP contribution in [-0.2, 0) is 9.59 Å². The average Bonchev–Trinajstić information content (AvgIpc) is 2.48. The lowest BCUT2D eigenvalue weighted by atomic mass is 10.1. The van der Waals surface area contributed by atoms with Crippen molar-refractivity contribution in [3.63, 3.8) is 0 Å². The van der Waals surface area contributed by atoms with Crippen LogP contribution in [0.25, 0.3) is 0 Å². The molecule has 1 aromatic rings. The maximum Gasteiger partial charge on any atom is 0.243 e. The molecule has 0 spiro atoms. The molecule has 0 radical (unpaired) electrons. The van der Waals surface area contributed by atoms with Crippen LogP contribution in [0.2, 0.25) is 5.02 Å². The molecule has 0 heterocycles. The Kier molecular flexibility index (Phi) is 8.55. The van der Waals surface area contributed by atoms with E-state index in [2.05, 4.69) is 10.6 Å². The van der Waals surface area contributed by atoms with Gasteiger partial charge in [0, 0.05) is 6.42 Å². The van der Waals surface area contributed by atoms with Gasteiger partial charge >= 0.3 is 0 Å². The summed E-state index contributed by atoms with van der Waals surface area (Å²) in [6, 6.07) is 5.38. The minimum atomic E-state index is -0.290. The van der Waals surface area contributed by atoms with E-state index in [0.29, 0.717) is 23.7 Å². The summed E-state index contributed by atoms with van der Waals surface area (Å²) in [5, 5.41) is 5.77. The zero-order chi connectivity index (χ0) is 16.4. The third-order valence-corrected chi connectivity index (χ3v) is 3.52. The summed E-state index contributed by atoms with van der Waals surface area (Å²) in [6.45, 7) is 2.56. The number of amides is 2. The molecular formula is C16H24ClN3O2. The van der Waals surface area contributed by atoms with Gasteiger partial charge in [0.1, 0.15) is 0 Å². The van der Waals surface area contributed by atoms with Gasteiger partial charge in [-0.25, -0.2) is 0 Å². The van der Waals surface area contributed by atoms with Crippen molar-refractivity contribution in [2.45, 2.75) is 39.0 Å². The number of halogens is 1. The number of rotatable bonds is 9. The van der Waals surface area contributed by atoms with Gasteiger partial charge in [0.05, 0.1) is 17.3 Å². The van der Waals surface area contributed by atoms with Gasteiger partial charge in [-0.1, -0.05) is 30.5 Å². The van der Waals surface area contributed by atoms with Gasteiger partial charge in [0.2, 0.25) is 11.8 Å². The van der Waals surface area contributed by atoms with Gasteiger partial charge in [-0.05, 0) is 44.0 Å². The van der Waals surface area contributed by atoms with Crippen molar-refractivity contribution in [1.82, 2.24) is 5.32 Å². The highest BCUT2D eigenvalue weighted by atomic mass is 35.5. The predicted octanol–water partition coefficient (Wildman–Crippen LogP) is 2.61. The second kappa shape index (κ2) is 10.2. The monoisotopic (exact) mass is 325 g/mol. The molecule has 1 rings (SSSR count). The van der Waals surface area contributed by atoms with Crippen LogP contribution >= 0.6 is 11.6 Å². The highest BCUT2D eigenvalue weighted by Gasteiger charge is 2.08. The zero-order valence-electron chi connectivity index (χ0n) is 13.0. The number of carbonyl (C=O) groups excluding carboxylic acids is 2. The smallest absolute Gasteiger partial charge is 0.243 e. The molecule has 0 aliphatic heterocycles. The summed E-state index contributed by atoms with van der Waals surface area (Å²) < 4.78 is 0. The first-order valence-corrected chi connectivity index (χ1v) is 7.93. The first-order valence-electron chi connectivity index (χ1n) is 7.55. The Morgan fingerprint density at radius 1 is 1.14 bits per heavy atom. The third kappa shape index (κ3) is 7.43. The second-order valence-corrected chi connectivity index (χ2v) is 5.67. The standard InChI is InChI=1S/C16H24ClN3O2/c1-12-7-8-14(13(17)10-12)20-16(22)11-19-15(21)6-4-2-3-5-9-18/h7-8,10H,2-6,9,11,18H2,1H3,(H,19,21)(H,20,22). The molecule has 0 bridgehead atoms. The maximum absolute atomic E-state index is 11.8. The Labute approximate surface area is 136 Å². The molecule has 0 aromatic heterocycles. The molecule has 122 valence electrons. The summed E-state index contributed by atoms with van der Waals surface area (Å²) in [4.78, 5) is 23.4. The second-order valence-electron chi connectivity index (χ2n) is 5.26. The molecule has 0 fully saturated rings. The van der Waals surface area contributed by atoms with Crippen LogP contribution in [0.1, 0.15) is 37.7 Å². The summed E-state index contributed by atoms with van der Waals surface area (Å²) in [7, 11) is 0. The van der Waals surface area contributed by atoms with Crippen LogP contribution in [0.3, 0.4) is 0 Å². The Morgan fingerprint density at radius 3 is 2.55 bits per heavy atom. The fourth-order valence-electron chi connectivity index (χ4n) is 1.97. The first-order chi connectivity index (χ1) is 10.5. The summed E-state index contributed by atoms with van der Waals surface area (Å²) in [6.07, 6.45) is 4.26. The van der Waals surface area contributed by atoms with Crippen molar-refractivity contribution in [3.05, 3.63) is 28.8 Å². The van der Waals surface area contributed by atoms with Crippen molar-refractivity contribution in [2.24, 2.45) is 5.73 Å². The molecule has 5 nitrogen and oxygen atoms in total. The van der Waals surface area contributed by atoms with E-state index in [4.69, 9.17) is 17.3 Å². The van der Waals surface area contributed by atoms with Crippen LogP contribution in [0.5, 0.6) is 0 Å². The summed E-state index contributed by atoms with van der Waals surface area (Å²) in [5.41, 5.74) is 6.97. The maximum atomic E-state index is 11.8. The molecule has 0 aliphatic rings. The first kappa shape index (κ1) is 18.5. The number of hydrogen-bond donors (Lipinski definition) is 3.